The molecule has 1 aromatic rings. The Bertz CT molecular complexity index is 402. The molecule has 1 amide bonds. The molecular formula is C14H20Cl2N2O. The summed E-state index contributed by atoms with van der Waals surface area (Å²) in [5.74, 6) is 0.185. The molecule has 0 aliphatic carbocycles. The van der Waals surface area contributed by atoms with Crippen LogP contribution in [0.4, 0.5) is 0 Å². The van der Waals surface area contributed by atoms with E-state index in [1.165, 1.54) is 6.42 Å². The lowest BCUT2D eigenvalue weighted by atomic mass is 10.0. The Hall–Kier alpha value is -0.770. The molecular weight excluding hydrogens is 283 g/mol. The standard InChI is InChI=1S/C14H19ClN2O.ClH/c1-17(10-11-5-7-12(15)8-6-11)14(18)13-4-2-3-9-16-13;/h5-8,13,16H,2-4,9-10H2,1H3;1H/t13-;/m0./s1. The van der Waals surface area contributed by atoms with Gasteiger partial charge in [0.1, 0.15) is 0 Å². The van der Waals surface area contributed by atoms with Crippen molar-refractivity contribution in [2.45, 2.75) is 31.8 Å². The van der Waals surface area contributed by atoms with Crippen LogP contribution in [0.5, 0.6) is 0 Å². The van der Waals surface area contributed by atoms with Crippen LogP contribution in [-0.2, 0) is 11.3 Å². The summed E-state index contributed by atoms with van der Waals surface area (Å²) in [6.45, 7) is 1.58. The van der Waals surface area contributed by atoms with Gasteiger partial charge < -0.3 is 10.2 Å². The second-order valence-electron chi connectivity index (χ2n) is 4.82. The highest BCUT2D eigenvalue weighted by Gasteiger charge is 2.23. The number of hydrogen-bond acceptors (Lipinski definition) is 2. The van der Waals surface area contributed by atoms with Crippen molar-refractivity contribution < 1.29 is 4.79 Å². The first kappa shape index (κ1) is 16.3. The third-order valence-corrected chi connectivity index (χ3v) is 3.57. The summed E-state index contributed by atoms with van der Waals surface area (Å²) in [5.41, 5.74) is 1.10. The van der Waals surface area contributed by atoms with E-state index < -0.39 is 0 Å². The van der Waals surface area contributed by atoms with Gasteiger partial charge in [0.25, 0.3) is 0 Å². The molecule has 0 aromatic heterocycles. The number of benzene rings is 1. The largest absolute Gasteiger partial charge is 0.340 e. The SMILES string of the molecule is CN(Cc1ccc(Cl)cc1)C(=O)[C@@H]1CCCCN1.Cl. The van der Waals surface area contributed by atoms with Crippen molar-refractivity contribution in [3.8, 4) is 0 Å². The molecule has 106 valence electrons. The summed E-state index contributed by atoms with van der Waals surface area (Å²) in [5, 5.41) is 4.01. The molecule has 1 saturated heterocycles. The number of amides is 1. The number of hydrogen-bond donors (Lipinski definition) is 1. The molecule has 0 bridgehead atoms. The molecule has 0 saturated carbocycles. The summed E-state index contributed by atoms with van der Waals surface area (Å²) in [4.78, 5) is 14.0. The first-order chi connectivity index (χ1) is 8.66. The molecule has 5 heteroatoms. The zero-order chi connectivity index (χ0) is 13.0. The fraction of sp³-hybridized carbons (Fsp3) is 0.500. The van der Waals surface area contributed by atoms with Gasteiger partial charge in [0.15, 0.2) is 0 Å². The van der Waals surface area contributed by atoms with Crippen LogP contribution in [0.15, 0.2) is 24.3 Å². The Morgan fingerprint density at radius 3 is 2.63 bits per heavy atom. The number of likely N-dealkylation sites (N-methyl/N-ethyl adjacent to an activating group) is 1. The van der Waals surface area contributed by atoms with Crippen LogP contribution in [-0.4, -0.2) is 30.4 Å². The first-order valence-electron chi connectivity index (χ1n) is 6.39. The van der Waals surface area contributed by atoms with E-state index in [0.717, 1.165) is 30.0 Å². The Balaban J connectivity index is 0.00000180. The van der Waals surface area contributed by atoms with Gasteiger partial charge in [0.05, 0.1) is 6.04 Å². The fourth-order valence-electron chi connectivity index (χ4n) is 2.27. The molecule has 1 atom stereocenters. The van der Waals surface area contributed by atoms with Crippen molar-refractivity contribution in [2.75, 3.05) is 13.6 Å². The van der Waals surface area contributed by atoms with Crippen LogP contribution in [0, 0.1) is 0 Å². The Kier molecular flexibility index (Phi) is 6.63. The summed E-state index contributed by atoms with van der Waals surface area (Å²) in [6.07, 6.45) is 3.26. The molecule has 1 aliphatic rings. The second-order valence-corrected chi connectivity index (χ2v) is 5.26. The van der Waals surface area contributed by atoms with E-state index in [2.05, 4.69) is 5.32 Å². The monoisotopic (exact) mass is 302 g/mol. The zero-order valence-corrected chi connectivity index (χ0v) is 12.6. The molecule has 1 heterocycles. The van der Waals surface area contributed by atoms with Gasteiger partial charge >= 0.3 is 0 Å². The topological polar surface area (TPSA) is 32.3 Å². The number of carbonyl (C=O) groups is 1. The van der Waals surface area contributed by atoms with Gasteiger partial charge in [-0.05, 0) is 37.1 Å². The highest BCUT2D eigenvalue weighted by Crippen LogP contribution is 2.13. The maximum atomic E-state index is 12.2. The van der Waals surface area contributed by atoms with Crippen molar-refractivity contribution in [2.24, 2.45) is 0 Å². The van der Waals surface area contributed by atoms with E-state index in [-0.39, 0.29) is 24.4 Å². The van der Waals surface area contributed by atoms with Crippen molar-refractivity contribution in [1.82, 2.24) is 10.2 Å². The zero-order valence-electron chi connectivity index (χ0n) is 11.1. The lowest BCUT2D eigenvalue weighted by Gasteiger charge is -2.27. The molecule has 19 heavy (non-hydrogen) atoms. The summed E-state index contributed by atoms with van der Waals surface area (Å²) in [7, 11) is 1.85. The lowest BCUT2D eigenvalue weighted by Crippen LogP contribution is -2.46. The molecule has 1 aliphatic heterocycles. The quantitative estimate of drug-likeness (QED) is 0.931. The minimum Gasteiger partial charge on any atom is -0.340 e. The molecule has 2 rings (SSSR count). The number of carbonyl (C=O) groups excluding carboxylic acids is 1. The smallest absolute Gasteiger partial charge is 0.239 e. The molecule has 0 spiro atoms. The average Bonchev–Trinajstić information content (AvgIpc) is 2.41. The number of halogens is 2. The van der Waals surface area contributed by atoms with Crippen LogP contribution in [0.1, 0.15) is 24.8 Å². The van der Waals surface area contributed by atoms with E-state index >= 15 is 0 Å². The van der Waals surface area contributed by atoms with Gasteiger partial charge in [-0.25, -0.2) is 0 Å². The van der Waals surface area contributed by atoms with Gasteiger partial charge in [0, 0.05) is 18.6 Å². The van der Waals surface area contributed by atoms with Crippen LogP contribution in [0.25, 0.3) is 0 Å². The third kappa shape index (κ3) is 4.68. The Morgan fingerprint density at radius 1 is 1.37 bits per heavy atom. The van der Waals surface area contributed by atoms with E-state index in [1.54, 1.807) is 4.90 Å². The second kappa shape index (κ2) is 7.73. The number of piperidine rings is 1. The molecule has 3 nitrogen and oxygen atoms in total. The van der Waals surface area contributed by atoms with Crippen molar-refractivity contribution in [3.63, 3.8) is 0 Å². The maximum absolute atomic E-state index is 12.2. The fourth-order valence-corrected chi connectivity index (χ4v) is 2.40. The summed E-state index contributed by atoms with van der Waals surface area (Å²) < 4.78 is 0. The molecule has 0 radical (unpaired) electrons. The molecule has 0 unspecified atom stereocenters. The van der Waals surface area contributed by atoms with Gasteiger partial charge in [0.2, 0.25) is 5.91 Å². The minimum absolute atomic E-state index is 0. The van der Waals surface area contributed by atoms with E-state index in [0.29, 0.717) is 6.54 Å². The van der Waals surface area contributed by atoms with Crippen molar-refractivity contribution in [1.29, 1.82) is 0 Å². The van der Waals surface area contributed by atoms with Crippen LogP contribution in [0.3, 0.4) is 0 Å². The minimum atomic E-state index is -0.00366. The van der Waals surface area contributed by atoms with Crippen LogP contribution in [0.2, 0.25) is 5.02 Å². The van der Waals surface area contributed by atoms with Crippen LogP contribution >= 0.6 is 24.0 Å². The summed E-state index contributed by atoms with van der Waals surface area (Å²) >= 11 is 5.84. The maximum Gasteiger partial charge on any atom is 0.239 e. The number of rotatable bonds is 3. The highest BCUT2D eigenvalue weighted by atomic mass is 35.5. The van der Waals surface area contributed by atoms with E-state index in [1.807, 2.05) is 31.3 Å². The van der Waals surface area contributed by atoms with E-state index in [4.69, 9.17) is 11.6 Å². The van der Waals surface area contributed by atoms with Crippen LogP contribution < -0.4 is 5.32 Å². The molecule has 1 N–H and O–H groups in total. The normalized spacial score (nSPS) is 18.5. The Labute approximate surface area is 125 Å². The van der Waals surface area contributed by atoms with Gasteiger partial charge in [-0.2, -0.15) is 0 Å². The first-order valence-corrected chi connectivity index (χ1v) is 6.77. The number of nitrogens with one attached hydrogen (secondary N) is 1. The third-order valence-electron chi connectivity index (χ3n) is 3.32. The summed E-state index contributed by atoms with van der Waals surface area (Å²) in [6, 6.07) is 7.62. The lowest BCUT2D eigenvalue weighted by molar-refractivity contribution is -0.133. The predicted molar refractivity (Wildman–Crippen MR) is 80.8 cm³/mol. The van der Waals surface area contributed by atoms with Crippen molar-refractivity contribution in [3.05, 3.63) is 34.9 Å². The number of nitrogens with zero attached hydrogens (tertiary/aromatic N) is 1. The Morgan fingerprint density at radius 2 is 2.05 bits per heavy atom. The predicted octanol–water partition coefficient (Wildman–Crippen LogP) is 2.86. The highest BCUT2D eigenvalue weighted by molar-refractivity contribution is 6.30. The molecule has 1 fully saturated rings. The van der Waals surface area contributed by atoms with E-state index in [9.17, 15) is 4.79 Å². The molecule has 1 aromatic carbocycles. The van der Waals surface area contributed by atoms with Crippen molar-refractivity contribution >= 4 is 29.9 Å². The van der Waals surface area contributed by atoms with Gasteiger partial charge in [-0.15, -0.1) is 12.4 Å². The van der Waals surface area contributed by atoms with Gasteiger partial charge in [-0.3, -0.25) is 4.79 Å². The average molecular weight is 303 g/mol. The van der Waals surface area contributed by atoms with Gasteiger partial charge in [-0.1, -0.05) is 30.2 Å².